The highest BCUT2D eigenvalue weighted by Crippen LogP contribution is 2.22. The van der Waals surface area contributed by atoms with Crippen molar-refractivity contribution in [1.29, 1.82) is 0 Å². The first-order valence-corrected chi connectivity index (χ1v) is 9.59. The molecular formula is C18H29IN4OS. The van der Waals surface area contributed by atoms with Crippen LogP contribution < -0.4 is 10.6 Å². The summed E-state index contributed by atoms with van der Waals surface area (Å²) >= 11 is 1.78. The molecule has 25 heavy (non-hydrogen) atoms. The van der Waals surface area contributed by atoms with E-state index in [1.807, 2.05) is 13.0 Å². The molecule has 1 aromatic carbocycles. The first-order chi connectivity index (χ1) is 11.8. The third-order valence-corrected chi connectivity index (χ3v) is 4.56. The smallest absolute Gasteiger partial charge is 0.191 e. The van der Waals surface area contributed by atoms with Crippen LogP contribution >= 0.6 is 35.3 Å². The fourth-order valence-electron chi connectivity index (χ4n) is 2.32. The van der Waals surface area contributed by atoms with E-state index in [4.69, 9.17) is 4.74 Å². The van der Waals surface area contributed by atoms with Gasteiger partial charge in [-0.25, -0.2) is 4.98 Å². The molecule has 7 heteroatoms. The quantitative estimate of drug-likeness (QED) is 0.237. The lowest BCUT2D eigenvalue weighted by molar-refractivity contribution is 0.145. The van der Waals surface area contributed by atoms with Crippen molar-refractivity contribution in [2.45, 2.75) is 33.1 Å². The third kappa shape index (κ3) is 8.33. The Morgan fingerprint density at radius 2 is 2.04 bits per heavy atom. The molecule has 0 fully saturated rings. The predicted molar refractivity (Wildman–Crippen MR) is 118 cm³/mol. The molecule has 0 saturated carbocycles. The highest BCUT2D eigenvalue weighted by molar-refractivity contribution is 14.0. The van der Waals surface area contributed by atoms with Gasteiger partial charge in [-0.3, -0.25) is 4.99 Å². The number of hydrogen-bond donors (Lipinski definition) is 2. The maximum Gasteiger partial charge on any atom is 0.191 e. The van der Waals surface area contributed by atoms with Crippen molar-refractivity contribution in [1.82, 2.24) is 15.6 Å². The summed E-state index contributed by atoms with van der Waals surface area (Å²) in [5.41, 5.74) is 1.10. The standard InChI is InChI=1S/C18H28N4OS.HI/c1-3-19-18(21-13-8-14-23-4-2)20-12-7-11-17-22-15-9-5-6-10-16(15)24-17;/h5-6,9-10H,3-4,7-8,11-14H2,1-2H3,(H2,19,20,21);1H. The van der Waals surface area contributed by atoms with E-state index in [0.29, 0.717) is 0 Å². The lowest BCUT2D eigenvalue weighted by Gasteiger charge is -2.11. The van der Waals surface area contributed by atoms with Crippen LogP contribution in [0, 0.1) is 0 Å². The normalized spacial score (nSPS) is 11.4. The Hall–Kier alpha value is -0.930. The molecule has 0 atom stereocenters. The molecule has 0 bridgehead atoms. The molecule has 0 aliphatic carbocycles. The second-order valence-corrected chi connectivity index (χ2v) is 6.53. The lowest BCUT2D eigenvalue weighted by atomic mass is 10.3. The molecule has 0 aliphatic heterocycles. The van der Waals surface area contributed by atoms with Crippen LogP contribution in [-0.2, 0) is 11.2 Å². The monoisotopic (exact) mass is 476 g/mol. The van der Waals surface area contributed by atoms with Crippen molar-refractivity contribution in [3.63, 3.8) is 0 Å². The van der Waals surface area contributed by atoms with Crippen molar-refractivity contribution in [3.8, 4) is 0 Å². The Kier molecular flexibility index (Phi) is 11.8. The number of aromatic nitrogens is 1. The molecular weight excluding hydrogens is 447 g/mol. The first kappa shape index (κ1) is 22.1. The zero-order valence-corrected chi connectivity index (χ0v) is 18.2. The molecule has 5 nitrogen and oxygen atoms in total. The van der Waals surface area contributed by atoms with Crippen LogP contribution in [0.2, 0.25) is 0 Å². The summed E-state index contributed by atoms with van der Waals surface area (Å²) in [4.78, 5) is 9.30. The van der Waals surface area contributed by atoms with Gasteiger partial charge in [0.15, 0.2) is 5.96 Å². The number of halogens is 1. The van der Waals surface area contributed by atoms with Crippen molar-refractivity contribution >= 4 is 51.5 Å². The van der Waals surface area contributed by atoms with Crippen molar-refractivity contribution in [2.75, 3.05) is 32.8 Å². The van der Waals surface area contributed by atoms with E-state index in [2.05, 4.69) is 45.7 Å². The maximum atomic E-state index is 5.34. The molecule has 140 valence electrons. The number of aliphatic imine (C=N–C) groups is 1. The molecule has 2 aromatic rings. The Labute approximate surface area is 171 Å². The van der Waals surface area contributed by atoms with Gasteiger partial charge >= 0.3 is 0 Å². The minimum absolute atomic E-state index is 0. The number of guanidine groups is 1. The first-order valence-electron chi connectivity index (χ1n) is 8.77. The lowest BCUT2D eigenvalue weighted by Crippen LogP contribution is -2.38. The number of thiazole rings is 1. The number of aryl methyl sites for hydroxylation is 1. The van der Waals surface area contributed by atoms with E-state index < -0.39 is 0 Å². The van der Waals surface area contributed by atoms with Gasteiger partial charge in [-0.15, -0.1) is 35.3 Å². The number of fused-ring (bicyclic) bond motifs is 1. The Morgan fingerprint density at radius 3 is 2.80 bits per heavy atom. The van der Waals surface area contributed by atoms with Crippen LogP contribution in [0.4, 0.5) is 0 Å². The largest absolute Gasteiger partial charge is 0.382 e. The molecule has 2 rings (SSSR count). The van der Waals surface area contributed by atoms with Gasteiger partial charge in [-0.1, -0.05) is 12.1 Å². The molecule has 0 aliphatic rings. The SMILES string of the molecule is CCNC(=NCCCc1nc2ccccc2s1)NCCCOCC.I. The number of ether oxygens (including phenoxy) is 1. The van der Waals surface area contributed by atoms with Crippen molar-refractivity contribution in [3.05, 3.63) is 29.3 Å². The van der Waals surface area contributed by atoms with Crippen LogP contribution in [0.25, 0.3) is 10.2 Å². The predicted octanol–water partition coefficient (Wildman–Crippen LogP) is 3.83. The van der Waals surface area contributed by atoms with Gasteiger partial charge in [-0.2, -0.15) is 0 Å². The van der Waals surface area contributed by atoms with E-state index in [1.54, 1.807) is 11.3 Å². The number of hydrogen-bond acceptors (Lipinski definition) is 4. The maximum absolute atomic E-state index is 5.34. The van der Waals surface area contributed by atoms with Crippen LogP contribution in [0.15, 0.2) is 29.3 Å². The molecule has 0 amide bonds. The van der Waals surface area contributed by atoms with Crippen LogP contribution in [0.5, 0.6) is 0 Å². The summed E-state index contributed by atoms with van der Waals surface area (Å²) < 4.78 is 6.61. The van der Waals surface area contributed by atoms with E-state index in [0.717, 1.165) is 63.6 Å². The van der Waals surface area contributed by atoms with E-state index in [-0.39, 0.29) is 24.0 Å². The molecule has 1 heterocycles. The van der Waals surface area contributed by atoms with Gasteiger partial charge in [0.25, 0.3) is 0 Å². The number of benzene rings is 1. The van der Waals surface area contributed by atoms with Gasteiger partial charge in [0.2, 0.25) is 0 Å². The van der Waals surface area contributed by atoms with Crippen molar-refractivity contribution < 1.29 is 4.74 Å². The highest BCUT2D eigenvalue weighted by Gasteiger charge is 2.03. The second kappa shape index (κ2) is 13.3. The van der Waals surface area contributed by atoms with E-state index in [9.17, 15) is 0 Å². The molecule has 0 unspecified atom stereocenters. The topological polar surface area (TPSA) is 58.5 Å². The van der Waals surface area contributed by atoms with Gasteiger partial charge in [0, 0.05) is 39.3 Å². The van der Waals surface area contributed by atoms with Crippen LogP contribution in [0.1, 0.15) is 31.7 Å². The van der Waals surface area contributed by atoms with Gasteiger partial charge in [0.05, 0.1) is 15.2 Å². The van der Waals surface area contributed by atoms with Crippen molar-refractivity contribution in [2.24, 2.45) is 4.99 Å². The number of rotatable bonds is 10. The summed E-state index contributed by atoms with van der Waals surface area (Å²) in [6.45, 7) is 8.22. The van der Waals surface area contributed by atoms with Crippen LogP contribution in [-0.4, -0.2) is 43.8 Å². The zero-order chi connectivity index (χ0) is 17.0. The Morgan fingerprint density at radius 1 is 1.20 bits per heavy atom. The fourth-order valence-corrected chi connectivity index (χ4v) is 3.32. The minimum atomic E-state index is 0. The van der Waals surface area contributed by atoms with E-state index >= 15 is 0 Å². The second-order valence-electron chi connectivity index (χ2n) is 5.42. The summed E-state index contributed by atoms with van der Waals surface area (Å²) in [5, 5.41) is 7.82. The average Bonchev–Trinajstić information content (AvgIpc) is 3.01. The number of nitrogens with zero attached hydrogens (tertiary/aromatic N) is 2. The number of nitrogens with one attached hydrogen (secondary N) is 2. The van der Waals surface area contributed by atoms with Gasteiger partial charge in [-0.05, 0) is 38.8 Å². The minimum Gasteiger partial charge on any atom is -0.382 e. The summed E-state index contributed by atoms with van der Waals surface area (Å²) in [7, 11) is 0. The molecule has 0 spiro atoms. The van der Waals surface area contributed by atoms with Gasteiger partial charge < -0.3 is 15.4 Å². The fraction of sp³-hybridized carbons (Fsp3) is 0.556. The molecule has 1 aromatic heterocycles. The molecule has 0 radical (unpaired) electrons. The summed E-state index contributed by atoms with van der Waals surface area (Å²) in [6, 6.07) is 8.30. The average molecular weight is 476 g/mol. The third-order valence-electron chi connectivity index (χ3n) is 3.46. The summed E-state index contributed by atoms with van der Waals surface area (Å²) in [6.07, 6.45) is 2.98. The van der Waals surface area contributed by atoms with Crippen LogP contribution in [0.3, 0.4) is 0 Å². The molecule has 0 saturated heterocycles. The number of para-hydroxylation sites is 1. The zero-order valence-electron chi connectivity index (χ0n) is 15.1. The Bertz CT molecular complexity index is 599. The van der Waals surface area contributed by atoms with Gasteiger partial charge in [0.1, 0.15) is 0 Å². The highest BCUT2D eigenvalue weighted by atomic mass is 127. The molecule has 2 N–H and O–H groups in total. The van der Waals surface area contributed by atoms with E-state index in [1.165, 1.54) is 9.71 Å². The summed E-state index contributed by atoms with van der Waals surface area (Å²) in [5.74, 6) is 0.887. The Balaban J connectivity index is 0.00000312.